The van der Waals surface area contributed by atoms with E-state index in [-0.39, 0.29) is 0 Å². The molecule has 4 heteroatoms. The average Bonchev–Trinajstić information content (AvgIpc) is 3.12. The number of nitrogens with one attached hydrogen (secondary N) is 2. The maximum Gasteiger partial charge on any atom is 0.134 e. The van der Waals surface area contributed by atoms with E-state index in [9.17, 15) is 0 Å². The van der Waals surface area contributed by atoms with E-state index < -0.39 is 0 Å². The first-order chi connectivity index (χ1) is 7.76. The zero-order valence-corrected chi connectivity index (χ0v) is 10.2. The molecule has 0 aliphatic heterocycles. The van der Waals surface area contributed by atoms with Crippen LogP contribution in [-0.2, 0) is 6.42 Å². The van der Waals surface area contributed by atoms with E-state index in [1.807, 2.05) is 7.05 Å². The Bertz CT molecular complexity index is 360. The van der Waals surface area contributed by atoms with Crippen molar-refractivity contribution < 1.29 is 0 Å². The van der Waals surface area contributed by atoms with Gasteiger partial charge in [0.15, 0.2) is 0 Å². The summed E-state index contributed by atoms with van der Waals surface area (Å²) < 4.78 is 0. The highest BCUT2D eigenvalue weighted by molar-refractivity contribution is 5.57. The number of hydrogen-bond acceptors (Lipinski definition) is 4. The van der Waals surface area contributed by atoms with Crippen LogP contribution in [0.1, 0.15) is 32.3 Å². The Morgan fingerprint density at radius 1 is 1.38 bits per heavy atom. The molecule has 1 atom stereocenters. The summed E-state index contributed by atoms with van der Waals surface area (Å²) in [5, 5.41) is 6.62. The second kappa shape index (κ2) is 4.68. The van der Waals surface area contributed by atoms with Crippen LogP contribution in [0.5, 0.6) is 0 Å². The SMILES string of the molecule is CCc1c(NC)ncnc1NC(C)C1CC1. The van der Waals surface area contributed by atoms with E-state index in [0.717, 1.165) is 24.0 Å². The molecule has 1 unspecified atom stereocenters. The third-order valence-electron chi connectivity index (χ3n) is 3.23. The average molecular weight is 220 g/mol. The lowest BCUT2D eigenvalue weighted by Crippen LogP contribution is -2.20. The summed E-state index contributed by atoms with van der Waals surface area (Å²) in [7, 11) is 1.90. The van der Waals surface area contributed by atoms with Crippen molar-refractivity contribution in [2.75, 3.05) is 17.7 Å². The molecule has 2 rings (SSSR count). The van der Waals surface area contributed by atoms with Gasteiger partial charge in [0, 0.05) is 18.7 Å². The second-order valence-corrected chi connectivity index (χ2v) is 4.42. The molecule has 0 spiro atoms. The Balaban J connectivity index is 2.17. The molecule has 2 N–H and O–H groups in total. The van der Waals surface area contributed by atoms with Crippen LogP contribution in [0.15, 0.2) is 6.33 Å². The molecule has 1 aromatic rings. The fraction of sp³-hybridized carbons (Fsp3) is 0.667. The van der Waals surface area contributed by atoms with Crippen molar-refractivity contribution in [2.45, 2.75) is 39.2 Å². The lowest BCUT2D eigenvalue weighted by atomic mass is 10.1. The summed E-state index contributed by atoms with van der Waals surface area (Å²) in [6.07, 6.45) is 5.25. The minimum absolute atomic E-state index is 0.518. The van der Waals surface area contributed by atoms with Crippen molar-refractivity contribution >= 4 is 11.6 Å². The maximum absolute atomic E-state index is 4.35. The van der Waals surface area contributed by atoms with Gasteiger partial charge in [-0.05, 0) is 32.1 Å². The molecule has 1 saturated carbocycles. The van der Waals surface area contributed by atoms with Gasteiger partial charge in [0.05, 0.1) is 0 Å². The number of aromatic nitrogens is 2. The van der Waals surface area contributed by atoms with Crippen molar-refractivity contribution in [3.05, 3.63) is 11.9 Å². The molecule has 0 bridgehead atoms. The summed E-state index contributed by atoms with van der Waals surface area (Å²) in [6, 6.07) is 0.518. The van der Waals surface area contributed by atoms with Crippen LogP contribution < -0.4 is 10.6 Å². The van der Waals surface area contributed by atoms with Crippen LogP contribution in [0.2, 0.25) is 0 Å². The van der Waals surface area contributed by atoms with Crippen molar-refractivity contribution in [3.63, 3.8) is 0 Å². The largest absolute Gasteiger partial charge is 0.373 e. The molecule has 1 heterocycles. The number of hydrogen-bond donors (Lipinski definition) is 2. The molecule has 0 aromatic carbocycles. The maximum atomic E-state index is 4.35. The van der Waals surface area contributed by atoms with E-state index in [2.05, 4.69) is 34.4 Å². The second-order valence-electron chi connectivity index (χ2n) is 4.42. The first-order valence-electron chi connectivity index (χ1n) is 6.04. The van der Waals surface area contributed by atoms with E-state index >= 15 is 0 Å². The summed E-state index contributed by atoms with van der Waals surface area (Å²) in [6.45, 7) is 4.37. The molecule has 0 radical (unpaired) electrons. The molecular formula is C12H20N4. The minimum Gasteiger partial charge on any atom is -0.373 e. The van der Waals surface area contributed by atoms with Gasteiger partial charge in [0.1, 0.15) is 18.0 Å². The zero-order valence-electron chi connectivity index (χ0n) is 10.2. The van der Waals surface area contributed by atoms with Gasteiger partial charge in [-0.2, -0.15) is 0 Å². The van der Waals surface area contributed by atoms with Gasteiger partial charge in [0.25, 0.3) is 0 Å². The van der Waals surface area contributed by atoms with Gasteiger partial charge in [-0.15, -0.1) is 0 Å². The van der Waals surface area contributed by atoms with Gasteiger partial charge in [-0.3, -0.25) is 0 Å². The molecule has 4 nitrogen and oxygen atoms in total. The quantitative estimate of drug-likeness (QED) is 0.799. The van der Waals surface area contributed by atoms with Crippen molar-refractivity contribution in [1.82, 2.24) is 9.97 Å². The Morgan fingerprint density at radius 2 is 2.06 bits per heavy atom. The van der Waals surface area contributed by atoms with Crippen LogP contribution in [0.3, 0.4) is 0 Å². The van der Waals surface area contributed by atoms with Crippen LogP contribution in [0.25, 0.3) is 0 Å². The van der Waals surface area contributed by atoms with Gasteiger partial charge >= 0.3 is 0 Å². The van der Waals surface area contributed by atoms with E-state index in [4.69, 9.17) is 0 Å². The van der Waals surface area contributed by atoms with Gasteiger partial charge in [-0.25, -0.2) is 9.97 Å². The monoisotopic (exact) mass is 220 g/mol. The molecule has 1 aliphatic rings. The lowest BCUT2D eigenvalue weighted by Gasteiger charge is -2.17. The number of nitrogens with zero attached hydrogens (tertiary/aromatic N) is 2. The normalized spacial score (nSPS) is 16.9. The summed E-state index contributed by atoms with van der Waals surface area (Å²) >= 11 is 0. The van der Waals surface area contributed by atoms with Crippen LogP contribution in [0.4, 0.5) is 11.6 Å². The highest BCUT2D eigenvalue weighted by Crippen LogP contribution is 2.34. The third-order valence-corrected chi connectivity index (χ3v) is 3.23. The lowest BCUT2D eigenvalue weighted by molar-refractivity contribution is 0.688. The number of anilines is 2. The van der Waals surface area contributed by atoms with E-state index in [1.54, 1.807) is 6.33 Å². The van der Waals surface area contributed by atoms with Gasteiger partial charge in [0.2, 0.25) is 0 Å². The van der Waals surface area contributed by atoms with Gasteiger partial charge in [-0.1, -0.05) is 6.92 Å². The molecule has 1 fully saturated rings. The fourth-order valence-electron chi connectivity index (χ4n) is 2.02. The van der Waals surface area contributed by atoms with E-state index in [0.29, 0.717) is 6.04 Å². The Kier molecular flexibility index (Phi) is 3.27. The molecule has 0 amide bonds. The standard InChI is InChI=1S/C12H20N4/c1-4-10-11(13-3)14-7-15-12(10)16-8(2)9-5-6-9/h7-9H,4-6H2,1-3H3,(H2,13,14,15,16). The zero-order chi connectivity index (χ0) is 11.5. The highest BCUT2D eigenvalue weighted by atomic mass is 15.1. The Morgan fingerprint density at radius 3 is 2.62 bits per heavy atom. The number of rotatable bonds is 5. The smallest absolute Gasteiger partial charge is 0.134 e. The first kappa shape index (κ1) is 11.2. The van der Waals surface area contributed by atoms with Crippen LogP contribution in [-0.4, -0.2) is 23.1 Å². The Hall–Kier alpha value is -1.32. The molecule has 0 saturated heterocycles. The van der Waals surface area contributed by atoms with Crippen molar-refractivity contribution in [2.24, 2.45) is 5.92 Å². The summed E-state index contributed by atoms with van der Waals surface area (Å²) in [5.74, 6) is 2.75. The highest BCUT2D eigenvalue weighted by Gasteiger charge is 2.28. The summed E-state index contributed by atoms with van der Waals surface area (Å²) in [4.78, 5) is 8.58. The van der Waals surface area contributed by atoms with Crippen LogP contribution in [0, 0.1) is 5.92 Å². The Labute approximate surface area is 96.9 Å². The molecule has 16 heavy (non-hydrogen) atoms. The third kappa shape index (κ3) is 2.26. The first-order valence-corrected chi connectivity index (χ1v) is 6.04. The van der Waals surface area contributed by atoms with Crippen molar-refractivity contribution in [3.8, 4) is 0 Å². The van der Waals surface area contributed by atoms with Crippen LogP contribution >= 0.6 is 0 Å². The molecule has 88 valence electrons. The summed E-state index contributed by atoms with van der Waals surface area (Å²) in [5.41, 5.74) is 1.18. The van der Waals surface area contributed by atoms with Gasteiger partial charge < -0.3 is 10.6 Å². The topological polar surface area (TPSA) is 49.8 Å². The van der Waals surface area contributed by atoms with E-state index in [1.165, 1.54) is 18.4 Å². The molecular weight excluding hydrogens is 200 g/mol. The molecule has 1 aromatic heterocycles. The van der Waals surface area contributed by atoms with Crippen molar-refractivity contribution in [1.29, 1.82) is 0 Å². The molecule has 1 aliphatic carbocycles. The predicted molar refractivity (Wildman–Crippen MR) is 66.8 cm³/mol. The predicted octanol–water partition coefficient (Wildman–Crippen LogP) is 2.29. The fourth-order valence-corrected chi connectivity index (χ4v) is 2.02. The minimum atomic E-state index is 0.518.